The highest BCUT2D eigenvalue weighted by Gasteiger charge is 2.04. The molecule has 0 radical (unpaired) electrons. The Morgan fingerprint density at radius 2 is 1.89 bits per heavy atom. The second kappa shape index (κ2) is 4.46. The van der Waals surface area contributed by atoms with E-state index in [-0.39, 0.29) is 10.8 Å². The van der Waals surface area contributed by atoms with E-state index in [1.807, 2.05) is 24.4 Å². The van der Waals surface area contributed by atoms with E-state index < -0.39 is 0 Å². The number of rotatable bonds is 2. The van der Waals surface area contributed by atoms with Crippen molar-refractivity contribution in [1.82, 2.24) is 4.57 Å². The summed E-state index contributed by atoms with van der Waals surface area (Å²) in [6.45, 7) is 0.640. The Hall–Kier alpha value is -1.80. The van der Waals surface area contributed by atoms with E-state index in [4.69, 9.17) is 11.6 Å². The van der Waals surface area contributed by atoms with Crippen LogP contribution in [0, 0.1) is 5.82 Å². The van der Waals surface area contributed by atoms with Gasteiger partial charge in [-0.05, 0) is 35.2 Å². The Labute approximate surface area is 109 Å². The van der Waals surface area contributed by atoms with Crippen molar-refractivity contribution in [2.24, 2.45) is 0 Å². The molecule has 0 N–H and O–H groups in total. The second-order valence-electron chi connectivity index (χ2n) is 4.25. The summed E-state index contributed by atoms with van der Waals surface area (Å²) >= 11 is 5.68. The lowest BCUT2D eigenvalue weighted by molar-refractivity contribution is 0.624. The maximum absolute atomic E-state index is 13.4. The largest absolute Gasteiger partial charge is 0.343 e. The van der Waals surface area contributed by atoms with Crippen molar-refractivity contribution < 1.29 is 4.39 Å². The Morgan fingerprint density at radius 1 is 1.06 bits per heavy atom. The predicted octanol–water partition coefficient (Wildman–Crippen LogP) is 4.48. The van der Waals surface area contributed by atoms with Crippen molar-refractivity contribution >= 4 is 22.5 Å². The third kappa shape index (κ3) is 2.00. The van der Waals surface area contributed by atoms with Gasteiger partial charge in [0.25, 0.3) is 0 Å². The Balaban J connectivity index is 1.98. The van der Waals surface area contributed by atoms with Gasteiger partial charge < -0.3 is 4.57 Å². The highest BCUT2D eigenvalue weighted by Crippen LogP contribution is 2.19. The van der Waals surface area contributed by atoms with Crippen molar-refractivity contribution in [3.63, 3.8) is 0 Å². The van der Waals surface area contributed by atoms with Crippen LogP contribution in [0.25, 0.3) is 10.9 Å². The minimum absolute atomic E-state index is 0.163. The van der Waals surface area contributed by atoms with Crippen LogP contribution in [-0.2, 0) is 6.54 Å². The number of halogens is 2. The molecule has 1 nitrogen and oxygen atoms in total. The topological polar surface area (TPSA) is 4.93 Å². The highest BCUT2D eigenvalue weighted by atomic mass is 35.5. The number of para-hydroxylation sites is 1. The molecule has 3 aromatic rings. The standard InChI is InChI=1S/C15H11ClFN/c16-13-6-5-11(9-14(13)17)10-18-8-7-12-3-1-2-4-15(12)18/h1-9H,10H2. The Kier molecular flexibility index (Phi) is 2.80. The minimum Gasteiger partial charge on any atom is -0.343 e. The van der Waals surface area contributed by atoms with Crippen LogP contribution < -0.4 is 0 Å². The fourth-order valence-electron chi connectivity index (χ4n) is 2.11. The molecule has 1 aromatic heterocycles. The van der Waals surface area contributed by atoms with Crippen LogP contribution in [0.3, 0.4) is 0 Å². The predicted molar refractivity (Wildman–Crippen MR) is 72.5 cm³/mol. The molecule has 3 heteroatoms. The molecule has 1 heterocycles. The molecular formula is C15H11ClFN. The normalized spacial score (nSPS) is 11.0. The number of hydrogen-bond acceptors (Lipinski definition) is 0. The first kappa shape index (κ1) is 11.3. The molecular weight excluding hydrogens is 249 g/mol. The molecule has 0 unspecified atom stereocenters. The summed E-state index contributed by atoms with van der Waals surface area (Å²) in [6.07, 6.45) is 2.01. The summed E-state index contributed by atoms with van der Waals surface area (Å²) in [4.78, 5) is 0. The van der Waals surface area contributed by atoms with Gasteiger partial charge in [-0.1, -0.05) is 35.9 Å². The van der Waals surface area contributed by atoms with E-state index in [2.05, 4.69) is 22.8 Å². The maximum atomic E-state index is 13.4. The molecule has 0 saturated carbocycles. The van der Waals surface area contributed by atoms with E-state index in [0.29, 0.717) is 6.54 Å². The number of aromatic nitrogens is 1. The van der Waals surface area contributed by atoms with Crippen LogP contribution >= 0.6 is 11.6 Å². The molecule has 2 aromatic carbocycles. The lowest BCUT2D eigenvalue weighted by atomic mass is 10.2. The molecule has 90 valence electrons. The molecule has 0 atom stereocenters. The van der Waals surface area contributed by atoms with Crippen molar-refractivity contribution in [2.45, 2.75) is 6.54 Å². The van der Waals surface area contributed by atoms with Gasteiger partial charge in [-0.25, -0.2) is 4.39 Å². The van der Waals surface area contributed by atoms with Crippen LogP contribution in [0.5, 0.6) is 0 Å². The van der Waals surface area contributed by atoms with E-state index >= 15 is 0 Å². The van der Waals surface area contributed by atoms with Crippen molar-refractivity contribution in [1.29, 1.82) is 0 Å². The quantitative estimate of drug-likeness (QED) is 0.639. The van der Waals surface area contributed by atoms with Crippen molar-refractivity contribution in [3.05, 3.63) is 71.1 Å². The zero-order valence-corrected chi connectivity index (χ0v) is 10.4. The molecule has 0 fully saturated rings. The van der Waals surface area contributed by atoms with Crippen LogP contribution in [0.15, 0.2) is 54.7 Å². The fourth-order valence-corrected chi connectivity index (χ4v) is 2.23. The lowest BCUT2D eigenvalue weighted by Gasteiger charge is -2.06. The number of fused-ring (bicyclic) bond motifs is 1. The summed E-state index contributed by atoms with van der Waals surface area (Å²) in [5.41, 5.74) is 2.05. The molecule has 0 aliphatic heterocycles. The molecule has 0 aliphatic carbocycles. The number of nitrogens with zero attached hydrogens (tertiary/aromatic N) is 1. The molecule has 0 saturated heterocycles. The first-order valence-electron chi connectivity index (χ1n) is 5.72. The van der Waals surface area contributed by atoms with Crippen LogP contribution in [0.1, 0.15) is 5.56 Å². The molecule has 0 amide bonds. The number of benzene rings is 2. The number of hydrogen-bond donors (Lipinski definition) is 0. The zero-order valence-electron chi connectivity index (χ0n) is 9.61. The zero-order chi connectivity index (χ0) is 12.5. The average molecular weight is 260 g/mol. The lowest BCUT2D eigenvalue weighted by Crippen LogP contribution is -1.98. The molecule has 0 aliphatic rings. The fraction of sp³-hybridized carbons (Fsp3) is 0.0667. The summed E-state index contributed by atoms with van der Waals surface area (Å²) < 4.78 is 15.5. The molecule has 3 rings (SSSR count). The van der Waals surface area contributed by atoms with Crippen molar-refractivity contribution in [2.75, 3.05) is 0 Å². The second-order valence-corrected chi connectivity index (χ2v) is 4.66. The monoisotopic (exact) mass is 259 g/mol. The molecule has 18 heavy (non-hydrogen) atoms. The van der Waals surface area contributed by atoms with E-state index in [1.54, 1.807) is 6.07 Å². The smallest absolute Gasteiger partial charge is 0.142 e. The summed E-state index contributed by atoms with van der Waals surface area (Å²) in [6, 6.07) is 15.1. The third-order valence-electron chi connectivity index (χ3n) is 3.02. The van der Waals surface area contributed by atoms with Crippen molar-refractivity contribution in [3.8, 4) is 0 Å². The van der Waals surface area contributed by atoms with Crippen LogP contribution in [0.2, 0.25) is 5.02 Å². The van der Waals surface area contributed by atoms with Gasteiger partial charge in [-0.15, -0.1) is 0 Å². The van der Waals surface area contributed by atoms with Gasteiger partial charge in [0, 0.05) is 18.3 Å². The van der Waals surface area contributed by atoms with E-state index in [1.165, 1.54) is 11.5 Å². The molecule has 0 spiro atoms. The Morgan fingerprint density at radius 3 is 2.72 bits per heavy atom. The average Bonchev–Trinajstić information content (AvgIpc) is 2.78. The van der Waals surface area contributed by atoms with Crippen LogP contribution in [0.4, 0.5) is 4.39 Å². The minimum atomic E-state index is -0.370. The van der Waals surface area contributed by atoms with Gasteiger partial charge in [0.2, 0.25) is 0 Å². The highest BCUT2D eigenvalue weighted by molar-refractivity contribution is 6.30. The van der Waals surface area contributed by atoms with Gasteiger partial charge in [-0.3, -0.25) is 0 Å². The summed E-state index contributed by atoms with van der Waals surface area (Å²) in [5.74, 6) is -0.370. The van der Waals surface area contributed by atoms with Gasteiger partial charge >= 0.3 is 0 Å². The summed E-state index contributed by atoms with van der Waals surface area (Å²) in [7, 11) is 0. The Bertz CT molecular complexity index is 703. The van der Waals surface area contributed by atoms with Gasteiger partial charge in [-0.2, -0.15) is 0 Å². The maximum Gasteiger partial charge on any atom is 0.142 e. The first-order valence-corrected chi connectivity index (χ1v) is 6.09. The van der Waals surface area contributed by atoms with Gasteiger partial charge in [0.05, 0.1) is 5.02 Å². The van der Waals surface area contributed by atoms with Gasteiger partial charge in [0.15, 0.2) is 0 Å². The van der Waals surface area contributed by atoms with E-state index in [9.17, 15) is 4.39 Å². The SMILES string of the molecule is Fc1cc(Cn2ccc3ccccc32)ccc1Cl. The van der Waals surface area contributed by atoms with Crippen LogP contribution in [-0.4, -0.2) is 4.57 Å². The molecule has 0 bridgehead atoms. The summed E-state index contributed by atoms with van der Waals surface area (Å²) in [5, 5.41) is 1.35. The first-order chi connectivity index (χ1) is 8.74. The van der Waals surface area contributed by atoms with E-state index in [0.717, 1.165) is 11.1 Å². The van der Waals surface area contributed by atoms with Gasteiger partial charge in [0.1, 0.15) is 5.82 Å². The third-order valence-corrected chi connectivity index (χ3v) is 3.32.